The van der Waals surface area contributed by atoms with Crippen LogP contribution in [0, 0.1) is 6.92 Å². The molecular formula is C19H21ClN2O4S2. The van der Waals surface area contributed by atoms with Gasteiger partial charge in [-0.3, -0.25) is 9.10 Å². The first-order chi connectivity index (χ1) is 13.2. The molecule has 1 N–H and O–H groups in total. The second-order valence-electron chi connectivity index (χ2n) is 6.47. The molecule has 150 valence electrons. The number of hydrogen-bond donors (Lipinski definition) is 1. The van der Waals surface area contributed by atoms with Gasteiger partial charge in [0.1, 0.15) is 5.75 Å². The van der Waals surface area contributed by atoms with Crippen LogP contribution in [-0.2, 0) is 14.8 Å². The molecular weight excluding hydrogens is 420 g/mol. The number of carbonyl (C=O) groups is 1. The first-order valence-electron chi connectivity index (χ1n) is 8.65. The summed E-state index contributed by atoms with van der Waals surface area (Å²) in [5.41, 5.74) is 1.38. The third-order valence-corrected chi connectivity index (χ3v) is 6.57. The minimum atomic E-state index is -3.53. The average molecular weight is 441 g/mol. The molecule has 1 aliphatic rings. The summed E-state index contributed by atoms with van der Waals surface area (Å²) >= 11 is 7.45. The molecule has 1 amide bonds. The standard InChI is InChI=1S/C19H21ClN2O4S2/c1-13-3-8-17-16(11-13)22(28(2,24)25)12-18(26-17)19(23)21-9-10-27-15-6-4-14(20)5-7-15/h3-8,11,18H,9-10,12H2,1-2H3,(H,21,23). The molecule has 0 spiro atoms. The zero-order chi connectivity index (χ0) is 20.3. The maximum atomic E-state index is 12.5. The summed E-state index contributed by atoms with van der Waals surface area (Å²) in [4.78, 5) is 13.6. The minimum absolute atomic E-state index is 0.0502. The van der Waals surface area contributed by atoms with Crippen LogP contribution in [0.4, 0.5) is 5.69 Å². The van der Waals surface area contributed by atoms with Gasteiger partial charge in [-0.1, -0.05) is 17.7 Å². The first kappa shape index (κ1) is 20.8. The molecule has 0 radical (unpaired) electrons. The Labute approximate surface area is 174 Å². The number of hydrogen-bond acceptors (Lipinski definition) is 5. The van der Waals surface area contributed by atoms with Crippen LogP contribution >= 0.6 is 23.4 Å². The molecule has 2 aromatic carbocycles. The molecule has 28 heavy (non-hydrogen) atoms. The zero-order valence-electron chi connectivity index (χ0n) is 15.5. The van der Waals surface area contributed by atoms with Gasteiger partial charge >= 0.3 is 0 Å². The van der Waals surface area contributed by atoms with Crippen LogP contribution in [0.15, 0.2) is 47.4 Å². The lowest BCUT2D eigenvalue weighted by molar-refractivity contribution is -0.127. The van der Waals surface area contributed by atoms with Crippen molar-refractivity contribution in [2.75, 3.05) is 29.4 Å². The van der Waals surface area contributed by atoms with E-state index in [1.807, 2.05) is 37.3 Å². The van der Waals surface area contributed by atoms with Crippen molar-refractivity contribution < 1.29 is 17.9 Å². The van der Waals surface area contributed by atoms with Crippen molar-refractivity contribution in [3.05, 3.63) is 53.1 Å². The van der Waals surface area contributed by atoms with Gasteiger partial charge < -0.3 is 10.1 Å². The number of nitrogens with zero attached hydrogens (tertiary/aromatic N) is 1. The smallest absolute Gasteiger partial charge is 0.263 e. The predicted molar refractivity (Wildman–Crippen MR) is 113 cm³/mol. The van der Waals surface area contributed by atoms with Gasteiger partial charge in [0.15, 0.2) is 6.10 Å². The predicted octanol–water partition coefficient (Wildman–Crippen LogP) is 3.08. The van der Waals surface area contributed by atoms with Gasteiger partial charge in [0, 0.05) is 22.2 Å². The number of ether oxygens (including phenoxy) is 1. The summed E-state index contributed by atoms with van der Waals surface area (Å²) in [6, 6.07) is 12.7. The fourth-order valence-corrected chi connectivity index (χ4v) is 4.60. The van der Waals surface area contributed by atoms with Crippen LogP contribution in [-0.4, -0.2) is 45.5 Å². The molecule has 0 aromatic heterocycles. The molecule has 1 aliphatic heterocycles. The number of fused-ring (bicyclic) bond motifs is 1. The second-order valence-corrected chi connectivity index (χ2v) is 9.98. The molecule has 0 saturated carbocycles. The highest BCUT2D eigenvalue weighted by atomic mass is 35.5. The molecule has 9 heteroatoms. The number of halogens is 1. The van der Waals surface area contributed by atoms with E-state index in [0.29, 0.717) is 28.8 Å². The van der Waals surface area contributed by atoms with E-state index in [0.717, 1.165) is 16.7 Å². The van der Waals surface area contributed by atoms with Crippen LogP contribution in [0.3, 0.4) is 0 Å². The molecule has 1 heterocycles. The van der Waals surface area contributed by atoms with Crippen LogP contribution in [0.1, 0.15) is 5.56 Å². The Morgan fingerprint density at radius 2 is 2.00 bits per heavy atom. The topological polar surface area (TPSA) is 75.7 Å². The van der Waals surface area contributed by atoms with Crippen molar-refractivity contribution in [2.45, 2.75) is 17.9 Å². The SMILES string of the molecule is Cc1ccc2c(c1)N(S(C)(=O)=O)CC(C(=O)NCCSc1ccc(Cl)cc1)O2. The number of nitrogens with one attached hydrogen (secondary N) is 1. The number of aryl methyl sites for hydroxylation is 1. The zero-order valence-corrected chi connectivity index (χ0v) is 17.9. The van der Waals surface area contributed by atoms with Crippen LogP contribution in [0.25, 0.3) is 0 Å². The van der Waals surface area contributed by atoms with E-state index in [1.54, 1.807) is 23.9 Å². The summed E-state index contributed by atoms with van der Waals surface area (Å²) < 4.78 is 31.4. The summed E-state index contributed by atoms with van der Waals surface area (Å²) in [5, 5.41) is 3.49. The van der Waals surface area contributed by atoms with Crippen molar-refractivity contribution in [1.29, 1.82) is 0 Å². The number of anilines is 1. The van der Waals surface area contributed by atoms with Crippen molar-refractivity contribution >= 4 is 45.0 Å². The Kier molecular flexibility index (Phi) is 6.42. The number of rotatable bonds is 6. The molecule has 1 unspecified atom stereocenters. The maximum absolute atomic E-state index is 12.5. The van der Waals surface area contributed by atoms with Crippen LogP contribution in [0.2, 0.25) is 5.02 Å². The molecule has 0 aliphatic carbocycles. The Morgan fingerprint density at radius 3 is 2.68 bits per heavy atom. The fourth-order valence-electron chi connectivity index (χ4n) is 2.80. The number of sulfonamides is 1. The lowest BCUT2D eigenvalue weighted by atomic mass is 10.1. The van der Waals surface area contributed by atoms with Crippen molar-refractivity contribution in [3.8, 4) is 5.75 Å². The summed E-state index contributed by atoms with van der Waals surface area (Å²) in [6.45, 7) is 2.26. The van der Waals surface area contributed by atoms with E-state index < -0.39 is 16.1 Å². The van der Waals surface area contributed by atoms with E-state index in [-0.39, 0.29) is 12.5 Å². The molecule has 1 atom stereocenters. The largest absolute Gasteiger partial charge is 0.476 e. The molecule has 3 rings (SSSR count). The lowest BCUT2D eigenvalue weighted by Gasteiger charge is -2.34. The van der Waals surface area contributed by atoms with Crippen molar-refractivity contribution in [2.24, 2.45) is 0 Å². The first-order valence-corrected chi connectivity index (χ1v) is 11.9. The van der Waals surface area contributed by atoms with E-state index in [9.17, 15) is 13.2 Å². The van der Waals surface area contributed by atoms with E-state index >= 15 is 0 Å². The number of benzene rings is 2. The second kappa shape index (κ2) is 8.63. The molecule has 2 aromatic rings. The van der Waals surface area contributed by atoms with Gasteiger partial charge in [-0.15, -0.1) is 11.8 Å². The minimum Gasteiger partial charge on any atom is -0.476 e. The van der Waals surface area contributed by atoms with Crippen molar-refractivity contribution in [3.63, 3.8) is 0 Å². The Balaban J connectivity index is 1.61. The van der Waals surface area contributed by atoms with E-state index in [2.05, 4.69) is 5.32 Å². The highest BCUT2D eigenvalue weighted by molar-refractivity contribution is 7.99. The molecule has 0 saturated heterocycles. The highest BCUT2D eigenvalue weighted by Gasteiger charge is 2.34. The summed E-state index contributed by atoms with van der Waals surface area (Å²) in [7, 11) is -3.53. The van der Waals surface area contributed by atoms with Gasteiger partial charge in [-0.2, -0.15) is 0 Å². The fraction of sp³-hybridized carbons (Fsp3) is 0.316. The third kappa shape index (κ3) is 5.12. The van der Waals surface area contributed by atoms with Gasteiger partial charge in [-0.05, 0) is 48.9 Å². The highest BCUT2D eigenvalue weighted by Crippen LogP contribution is 2.35. The normalized spacial score (nSPS) is 16.2. The number of carbonyl (C=O) groups excluding carboxylic acids is 1. The average Bonchev–Trinajstić information content (AvgIpc) is 2.64. The van der Waals surface area contributed by atoms with Gasteiger partial charge in [0.2, 0.25) is 10.0 Å². The van der Waals surface area contributed by atoms with Gasteiger partial charge in [0.25, 0.3) is 5.91 Å². The summed E-state index contributed by atoms with van der Waals surface area (Å²) in [5.74, 6) is 0.723. The quantitative estimate of drug-likeness (QED) is 0.551. The van der Waals surface area contributed by atoms with E-state index in [1.165, 1.54) is 4.31 Å². The Morgan fingerprint density at radius 1 is 1.29 bits per heavy atom. The van der Waals surface area contributed by atoms with Gasteiger partial charge in [-0.25, -0.2) is 8.42 Å². The summed E-state index contributed by atoms with van der Waals surface area (Å²) in [6.07, 6.45) is 0.229. The van der Waals surface area contributed by atoms with E-state index in [4.69, 9.17) is 16.3 Å². The van der Waals surface area contributed by atoms with Crippen LogP contribution in [0.5, 0.6) is 5.75 Å². The molecule has 0 bridgehead atoms. The molecule has 0 fully saturated rings. The third-order valence-electron chi connectivity index (χ3n) is 4.16. The number of amides is 1. The van der Waals surface area contributed by atoms with Gasteiger partial charge in [0.05, 0.1) is 18.5 Å². The molecule has 6 nitrogen and oxygen atoms in total. The Bertz CT molecular complexity index is 964. The Hall–Kier alpha value is -1.90. The van der Waals surface area contributed by atoms with Crippen LogP contribution < -0.4 is 14.4 Å². The lowest BCUT2D eigenvalue weighted by Crippen LogP contribution is -2.50. The monoisotopic (exact) mass is 440 g/mol. The maximum Gasteiger partial charge on any atom is 0.263 e. The van der Waals surface area contributed by atoms with Crippen molar-refractivity contribution in [1.82, 2.24) is 5.32 Å². The number of thioether (sulfide) groups is 1.